The molecule has 6 heteroatoms. The van der Waals surface area contributed by atoms with Gasteiger partial charge in [0.05, 0.1) is 0 Å². The number of nitrogens with zero attached hydrogens (tertiary/aromatic N) is 1. The molecule has 1 aromatic rings. The number of hydrogen-bond donors (Lipinski definition) is 3. The van der Waals surface area contributed by atoms with Gasteiger partial charge in [0, 0.05) is 16.8 Å². The monoisotopic (exact) mass is 259 g/mol. The molecule has 0 aliphatic heterocycles. The lowest BCUT2D eigenvalue weighted by Gasteiger charge is -2.11. The van der Waals surface area contributed by atoms with Gasteiger partial charge in [0.15, 0.2) is 5.96 Å². The van der Waals surface area contributed by atoms with Crippen molar-refractivity contribution in [2.75, 3.05) is 12.3 Å². The number of para-hydroxylation sites is 1. The molecule has 0 radical (unpaired) electrons. The van der Waals surface area contributed by atoms with Gasteiger partial charge >= 0.3 is 6.03 Å². The zero-order valence-corrected chi connectivity index (χ0v) is 10.4. The minimum atomic E-state index is -2.57. The number of nitrogens with one attached hydrogen (secondary N) is 2. The smallest absolute Gasteiger partial charge is 0.326 e. The molecule has 1 aromatic carbocycles. The zero-order valence-electron chi connectivity index (χ0n) is 12.6. The number of hydrogen-bond acceptors (Lipinski definition) is 2. The number of anilines is 1. The van der Waals surface area contributed by atoms with Gasteiger partial charge in [-0.2, -0.15) is 0 Å². The predicted molar refractivity (Wildman–Crippen MR) is 72.9 cm³/mol. The van der Waals surface area contributed by atoms with Gasteiger partial charge in [0.25, 0.3) is 0 Å². The Morgan fingerprint density at radius 3 is 2.53 bits per heavy atom. The van der Waals surface area contributed by atoms with Crippen molar-refractivity contribution >= 4 is 30.1 Å². The van der Waals surface area contributed by atoms with Crippen LogP contribution in [0.4, 0.5) is 10.5 Å². The summed E-state index contributed by atoms with van der Waals surface area (Å²) in [7, 11) is 0. The molecule has 0 aliphatic carbocycles. The average Bonchev–Trinajstić information content (AvgIpc) is 2.20. The molecule has 0 saturated carbocycles. The van der Waals surface area contributed by atoms with Crippen LogP contribution in [0.5, 0.6) is 0 Å². The maximum atomic E-state index is 11.6. The van der Waals surface area contributed by atoms with Crippen molar-refractivity contribution in [1.82, 2.24) is 5.32 Å². The molecule has 4 N–H and O–H groups in total. The Morgan fingerprint density at radius 1 is 1.41 bits per heavy atom. The molecule has 0 bridgehead atoms. The molecular weight excluding hydrogens is 240 g/mol. The fourth-order valence-corrected chi connectivity index (χ4v) is 1.30. The van der Waals surface area contributed by atoms with Crippen LogP contribution in [0.25, 0.3) is 0 Å². The molecule has 2 amide bonds. The fraction of sp³-hybridized carbons (Fsp3) is 0.273. The number of carbonyl (C=O) groups is 1. The molecule has 5 nitrogen and oxygen atoms in total. The van der Waals surface area contributed by atoms with Crippen LogP contribution in [0, 0.1) is 13.8 Å². The normalized spacial score (nSPS) is 13.8. The average molecular weight is 260 g/mol. The Kier molecular flexibility index (Phi) is 4.13. The largest absolute Gasteiger partial charge is 0.370 e. The second kappa shape index (κ2) is 6.75. The second-order valence-corrected chi connectivity index (χ2v) is 3.34. The predicted octanol–water partition coefficient (Wildman–Crippen LogP) is 1.79. The number of rotatable bonds is 1. The molecule has 17 heavy (non-hydrogen) atoms. The third-order valence-electron chi connectivity index (χ3n) is 2.08. The van der Waals surface area contributed by atoms with Crippen molar-refractivity contribution in [3.8, 4) is 0 Å². The third-order valence-corrected chi connectivity index (χ3v) is 2.08. The number of benzene rings is 1. The molecule has 0 unspecified atom stereocenters. The van der Waals surface area contributed by atoms with Crippen LogP contribution in [0.15, 0.2) is 23.2 Å². The van der Waals surface area contributed by atoms with Gasteiger partial charge in [-0.25, -0.2) is 4.79 Å². The second-order valence-electron chi connectivity index (χ2n) is 3.34. The first-order valence-corrected chi connectivity index (χ1v) is 4.68. The highest BCUT2D eigenvalue weighted by molar-refractivity contribution is 6.02. The van der Waals surface area contributed by atoms with E-state index in [1.54, 1.807) is 0 Å². The van der Waals surface area contributed by atoms with Crippen LogP contribution in [0.3, 0.4) is 0 Å². The zero-order chi connectivity index (χ0) is 14.6. The number of halogens is 1. The number of amides is 2. The lowest BCUT2D eigenvalue weighted by Crippen LogP contribution is -2.39. The van der Waals surface area contributed by atoms with Crippen LogP contribution >= 0.6 is 12.4 Å². The standard InChI is InChI=1S/C11H16N4O.ClH/c1-7-5-4-6-8(2)9(7)14-11(16)15-10(12)13-3;/h4-6H,1-3H3,(H4,12,13,14,15,16);1H/i3D3;. The van der Waals surface area contributed by atoms with Crippen LogP contribution in [-0.2, 0) is 0 Å². The first kappa shape index (κ1) is 10.4. The van der Waals surface area contributed by atoms with Crippen molar-refractivity contribution in [2.45, 2.75) is 13.8 Å². The minimum Gasteiger partial charge on any atom is -0.370 e. The van der Waals surface area contributed by atoms with Crippen molar-refractivity contribution < 1.29 is 8.91 Å². The third kappa shape index (κ3) is 4.32. The quantitative estimate of drug-likeness (QED) is 0.531. The highest BCUT2D eigenvalue weighted by atomic mass is 35.5. The number of aryl methyl sites for hydroxylation is 2. The number of guanidine groups is 1. The molecular formula is C11H17ClN4O. The molecule has 0 aromatic heterocycles. The summed E-state index contributed by atoms with van der Waals surface area (Å²) in [4.78, 5) is 14.8. The van der Waals surface area contributed by atoms with E-state index in [2.05, 4.69) is 15.6 Å². The summed E-state index contributed by atoms with van der Waals surface area (Å²) in [6.07, 6.45) is 0. The maximum Gasteiger partial charge on any atom is 0.326 e. The SMILES string of the molecule is Cl.[2H]C([2H])([2H])N=C(N)NC(=O)Nc1c(C)cccc1C. The van der Waals surface area contributed by atoms with Gasteiger partial charge in [0.1, 0.15) is 0 Å². The Labute approximate surface area is 111 Å². The van der Waals surface area contributed by atoms with Gasteiger partial charge in [-0.3, -0.25) is 10.3 Å². The summed E-state index contributed by atoms with van der Waals surface area (Å²) in [5.74, 6) is -0.455. The summed E-state index contributed by atoms with van der Waals surface area (Å²) in [5.41, 5.74) is 7.74. The first-order chi connectivity index (χ1) is 8.69. The van der Waals surface area contributed by atoms with Gasteiger partial charge in [-0.1, -0.05) is 18.2 Å². The summed E-state index contributed by atoms with van der Waals surface area (Å²) in [5, 5.41) is 4.76. The highest BCUT2D eigenvalue weighted by Gasteiger charge is 2.07. The van der Waals surface area contributed by atoms with E-state index in [0.717, 1.165) is 11.1 Å². The molecule has 0 aliphatic rings. The molecule has 0 spiro atoms. The van der Waals surface area contributed by atoms with E-state index in [0.29, 0.717) is 5.69 Å². The van der Waals surface area contributed by atoms with Crippen LogP contribution in [0.1, 0.15) is 15.2 Å². The number of urea groups is 1. The Hall–Kier alpha value is -1.75. The number of nitrogens with two attached hydrogens (primary N) is 1. The number of aliphatic imine (C=N–C) groups is 1. The lowest BCUT2D eigenvalue weighted by atomic mass is 10.1. The van der Waals surface area contributed by atoms with E-state index in [1.165, 1.54) is 0 Å². The molecule has 1 rings (SSSR count). The molecule has 94 valence electrons. The van der Waals surface area contributed by atoms with E-state index in [9.17, 15) is 4.79 Å². The van der Waals surface area contributed by atoms with Gasteiger partial charge in [0.2, 0.25) is 0 Å². The Balaban J connectivity index is 0.00000361. The van der Waals surface area contributed by atoms with E-state index in [-0.39, 0.29) is 12.4 Å². The van der Waals surface area contributed by atoms with Crippen LogP contribution in [0.2, 0.25) is 0 Å². The molecule has 0 saturated heterocycles. The van der Waals surface area contributed by atoms with Crippen molar-refractivity contribution in [3.63, 3.8) is 0 Å². The Morgan fingerprint density at radius 2 is 2.00 bits per heavy atom. The van der Waals surface area contributed by atoms with Gasteiger partial charge in [-0.05, 0) is 25.0 Å². The molecule has 0 heterocycles. The van der Waals surface area contributed by atoms with E-state index in [1.807, 2.05) is 32.0 Å². The minimum absolute atomic E-state index is 0. The van der Waals surface area contributed by atoms with Gasteiger partial charge in [-0.15, -0.1) is 12.4 Å². The summed E-state index contributed by atoms with van der Waals surface area (Å²) < 4.78 is 20.7. The van der Waals surface area contributed by atoms with E-state index >= 15 is 0 Å². The molecule has 0 fully saturated rings. The van der Waals surface area contributed by atoms with Crippen molar-refractivity contribution in [3.05, 3.63) is 29.3 Å². The van der Waals surface area contributed by atoms with Crippen LogP contribution in [-0.4, -0.2) is 19.0 Å². The van der Waals surface area contributed by atoms with Gasteiger partial charge < -0.3 is 11.1 Å². The van der Waals surface area contributed by atoms with E-state index in [4.69, 9.17) is 9.85 Å². The topological polar surface area (TPSA) is 79.5 Å². The van der Waals surface area contributed by atoms with E-state index < -0.39 is 19.0 Å². The number of carbonyl (C=O) groups excluding carboxylic acids is 1. The highest BCUT2D eigenvalue weighted by Crippen LogP contribution is 2.18. The fourth-order valence-electron chi connectivity index (χ4n) is 1.30. The van der Waals surface area contributed by atoms with Crippen molar-refractivity contribution in [2.24, 2.45) is 10.7 Å². The summed E-state index contributed by atoms with van der Waals surface area (Å²) in [6, 6.07) is 4.94. The summed E-state index contributed by atoms with van der Waals surface area (Å²) >= 11 is 0. The Bertz CT molecular complexity index is 497. The lowest BCUT2D eigenvalue weighted by molar-refractivity contribution is 0.256. The van der Waals surface area contributed by atoms with Crippen LogP contribution < -0.4 is 16.4 Å². The summed E-state index contributed by atoms with van der Waals surface area (Å²) in [6.45, 7) is 1.13. The maximum absolute atomic E-state index is 11.6. The van der Waals surface area contributed by atoms with Crippen molar-refractivity contribution in [1.29, 1.82) is 0 Å². The first-order valence-electron chi connectivity index (χ1n) is 6.18. The molecule has 0 atom stereocenters.